The second-order valence-electron chi connectivity index (χ2n) is 3.47. The first-order valence-electron chi connectivity index (χ1n) is 5.11. The highest BCUT2D eigenvalue weighted by Gasteiger charge is 2.07. The van der Waals surface area contributed by atoms with Crippen molar-refractivity contribution in [1.29, 1.82) is 0 Å². The Morgan fingerprint density at radius 3 is 3.00 bits per heavy atom. The van der Waals surface area contributed by atoms with Crippen molar-refractivity contribution in [3.05, 3.63) is 22.4 Å². The lowest BCUT2D eigenvalue weighted by atomic mass is 10.2. The van der Waals surface area contributed by atoms with E-state index in [2.05, 4.69) is 11.4 Å². The molecule has 0 radical (unpaired) electrons. The predicted octanol–water partition coefficient (Wildman–Crippen LogP) is 1.52. The van der Waals surface area contributed by atoms with Gasteiger partial charge >= 0.3 is 0 Å². The van der Waals surface area contributed by atoms with Gasteiger partial charge in [0.1, 0.15) is 0 Å². The summed E-state index contributed by atoms with van der Waals surface area (Å²) in [6.45, 7) is 0.463. The van der Waals surface area contributed by atoms with Gasteiger partial charge in [-0.3, -0.25) is 4.79 Å². The molecular weight excluding hydrogens is 210 g/mol. The van der Waals surface area contributed by atoms with Crippen LogP contribution in [0.25, 0.3) is 0 Å². The van der Waals surface area contributed by atoms with Gasteiger partial charge in [-0.1, -0.05) is 6.07 Å². The molecule has 0 fully saturated rings. The molecule has 0 atom stereocenters. The van der Waals surface area contributed by atoms with Gasteiger partial charge < -0.3 is 10.0 Å². The maximum atomic E-state index is 11.5. The fourth-order valence-electron chi connectivity index (χ4n) is 1.33. The number of aryl methyl sites for hydroxylation is 1. The number of hydrogen-bond donors (Lipinski definition) is 1. The smallest absolute Gasteiger partial charge is 0.222 e. The van der Waals surface area contributed by atoms with Gasteiger partial charge in [-0.05, 0) is 24.3 Å². The van der Waals surface area contributed by atoms with Gasteiger partial charge in [-0.25, -0.2) is 0 Å². The molecule has 1 aromatic rings. The Kier molecular flexibility index (Phi) is 5.36. The van der Waals surface area contributed by atoms with Crippen LogP contribution < -0.4 is 0 Å². The van der Waals surface area contributed by atoms with Gasteiger partial charge in [0.25, 0.3) is 0 Å². The maximum absolute atomic E-state index is 11.5. The molecule has 1 heterocycles. The number of carbonyl (C=O) groups is 1. The topological polar surface area (TPSA) is 40.5 Å². The van der Waals surface area contributed by atoms with Gasteiger partial charge in [0.15, 0.2) is 0 Å². The average molecular weight is 227 g/mol. The van der Waals surface area contributed by atoms with Crippen molar-refractivity contribution in [2.24, 2.45) is 0 Å². The van der Waals surface area contributed by atoms with Crippen molar-refractivity contribution in [1.82, 2.24) is 4.90 Å². The van der Waals surface area contributed by atoms with Gasteiger partial charge in [0, 0.05) is 24.9 Å². The van der Waals surface area contributed by atoms with Gasteiger partial charge in [0.2, 0.25) is 5.91 Å². The summed E-state index contributed by atoms with van der Waals surface area (Å²) in [5.74, 6) is 0.112. The molecule has 0 unspecified atom stereocenters. The SMILES string of the molecule is CN(CCO)C(=O)CCCc1cccs1. The van der Waals surface area contributed by atoms with Crippen LogP contribution in [0, 0.1) is 0 Å². The summed E-state index contributed by atoms with van der Waals surface area (Å²) in [5, 5.41) is 10.7. The van der Waals surface area contributed by atoms with E-state index in [4.69, 9.17) is 5.11 Å². The standard InChI is InChI=1S/C11H17NO2S/c1-12(7-8-13)11(14)6-2-4-10-5-3-9-15-10/h3,5,9,13H,2,4,6-8H2,1H3. The summed E-state index contributed by atoms with van der Waals surface area (Å²) in [6, 6.07) is 4.12. The molecule has 15 heavy (non-hydrogen) atoms. The van der Waals surface area contributed by atoms with Gasteiger partial charge in [-0.15, -0.1) is 11.3 Å². The van der Waals surface area contributed by atoms with Crippen LogP contribution in [-0.4, -0.2) is 36.1 Å². The van der Waals surface area contributed by atoms with Crippen LogP contribution >= 0.6 is 11.3 Å². The minimum Gasteiger partial charge on any atom is -0.395 e. The summed E-state index contributed by atoms with van der Waals surface area (Å²) in [7, 11) is 1.73. The van der Waals surface area contributed by atoms with E-state index < -0.39 is 0 Å². The Hall–Kier alpha value is -0.870. The first-order chi connectivity index (χ1) is 7.24. The molecule has 1 aromatic heterocycles. The van der Waals surface area contributed by atoms with E-state index in [1.807, 2.05) is 6.07 Å². The Morgan fingerprint density at radius 2 is 2.40 bits per heavy atom. The third kappa shape index (κ3) is 4.44. The van der Waals surface area contributed by atoms with Crippen LogP contribution in [0.5, 0.6) is 0 Å². The first kappa shape index (κ1) is 12.2. The van der Waals surface area contributed by atoms with E-state index in [0.717, 1.165) is 12.8 Å². The van der Waals surface area contributed by atoms with E-state index in [0.29, 0.717) is 13.0 Å². The molecule has 0 spiro atoms. The van der Waals surface area contributed by atoms with Crippen LogP contribution in [0.15, 0.2) is 17.5 Å². The van der Waals surface area contributed by atoms with Crippen LogP contribution in [-0.2, 0) is 11.2 Å². The lowest BCUT2D eigenvalue weighted by molar-refractivity contribution is -0.130. The minimum absolute atomic E-state index is 0.0349. The molecule has 1 N–H and O–H groups in total. The van der Waals surface area contributed by atoms with Crippen LogP contribution in [0.4, 0.5) is 0 Å². The highest BCUT2D eigenvalue weighted by atomic mass is 32.1. The van der Waals surface area contributed by atoms with Crippen molar-refractivity contribution in [2.75, 3.05) is 20.2 Å². The lowest BCUT2D eigenvalue weighted by Crippen LogP contribution is -2.29. The Bertz CT molecular complexity index is 285. The molecule has 1 rings (SSSR count). The third-order valence-electron chi connectivity index (χ3n) is 2.26. The molecule has 0 saturated heterocycles. The number of aliphatic hydroxyl groups excluding tert-OH is 1. The molecule has 1 amide bonds. The Morgan fingerprint density at radius 1 is 1.60 bits per heavy atom. The molecule has 0 aromatic carbocycles. The normalized spacial score (nSPS) is 10.3. The Labute approximate surface area is 94.3 Å². The number of amides is 1. The number of hydrogen-bond acceptors (Lipinski definition) is 3. The molecular formula is C11H17NO2S. The number of aliphatic hydroxyl groups is 1. The van der Waals surface area contributed by atoms with Crippen molar-refractivity contribution >= 4 is 17.2 Å². The third-order valence-corrected chi connectivity index (χ3v) is 3.19. The second kappa shape index (κ2) is 6.58. The molecule has 4 heteroatoms. The monoisotopic (exact) mass is 227 g/mol. The zero-order valence-electron chi connectivity index (χ0n) is 8.98. The maximum Gasteiger partial charge on any atom is 0.222 e. The summed E-state index contributed by atoms with van der Waals surface area (Å²) in [5.41, 5.74) is 0. The van der Waals surface area contributed by atoms with E-state index in [9.17, 15) is 4.79 Å². The lowest BCUT2D eigenvalue weighted by Gasteiger charge is -2.15. The van der Waals surface area contributed by atoms with E-state index >= 15 is 0 Å². The van der Waals surface area contributed by atoms with Crippen molar-refractivity contribution in [2.45, 2.75) is 19.3 Å². The number of rotatable bonds is 6. The van der Waals surface area contributed by atoms with Gasteiger partial charge in [0.05, 0.1) is 6.61 Å². The van der Waals surface area contributed by atoms with Gasteiger partial charge in [-0.2, -0.15) is 0 Å². The highest BCUT2D eigenvalue weighted by Crippen LogP contribution is 2.12. The zero-order chi connectivity index (χ0) is 11.1. The van der Waals surface area contributed by atoms with E-state index in [1.54, 1.807) is 23.3 Å². The van der Waals surface area contributed by atoms with Crippen molar-refractivity contribution in [3.8, 4) is 0 Å². The molecule has 0 aliphatic rings. The summed E-state index contributed by atoms with van der Waals surface area (Å²) >= 11 is 1.73. The number of nitrogens with zero attached hydrogens (tertiary/aromatic N) is 1. The van der Waals surface area contributed by atoms with Crippen molar-refractivity contribution in [3.63, 3.8) is 0 Å². The zero-order valence-corrected chi connectivity index (χ0v) is 9.80. The summed E-state index contributed by atoms with van der Waals surface area (Å²) < 4.78 is 0. The fraction of sp³-hybridized carbons (Fsp3) is 0.545. The van der Waals surface area contributed by atoms with Crippen LogP contribution in [0.2, 0.25) is 0 Å². The Balaban J connectivity index is 2.17. The second-order valence-corrected chi connectivity index (χ2v) is 4.50. The largest absolute Gasteiger partial charge is 0.395 e. The number of thiophene rings is 1. The predicted molar refractivity (Wildman–Crippen MR) is 62.0 cm³/mol. The molecule has 3 nitrogen and oxygen atoms in total. The minimum atomic E-state index is 0.0349. The highest BCUT2D eigenvalue weighted by molar-refractivity contribution is 7.09. The quantitative estimate of drug-likeness (QED) is 0.800. The van der Waals surface area contributed by atoms with Crippen molar-refractivity contribution < 1.29 is 9.90 Å². The molecule has 0 aliphatic heterocycles. The van der Waals surface area contributed by atoms with Crippen LogP contribution in [0.3, 0.4) is 0 Å². The van der Waals surface area contributed by atoms with Crippen LogP contribution in [0.1, 0.15) is 17.7 Å². The number of carbonyl (C=O) groups excluding carboxylic acids is 1. The molecule has 0 aliphatic carbocycles. The average Bonchev–Trinajstić information content (AvgIpc) is 2.71. The number of likely N-dealkylation sites (N-methyl/N-ethyl adjacent to an activating group) is 1. The summed E-state index contributed by atoms with van der Waals surface area (Å²) in [6.07, 6.45) is 2.42. The summed E-state index contributed by atoms with van der Waals surface area (Å²) in [4.78, 5) is 14.4. The fourth-order valence-corrected chi connectivity index (χ4v) is 2.09. The first-order valence-corrected chi connectivity index (χ1v) is 5.99. The van der Waals surface area contributed by atoms with E-state index in [-0.39, 0.29) is 12.5 Å². The van der Waals surface area contributed by atoms with E-state index in [1.165, 1.54) is 4.88 Å². The molecule has 84 valence electrons. The molecule has 0 saturated carbocycles. The molecule has 0 bridgehead atoms.